The number of carbonyl (C=O) groups excluding carboxylic acids is 1. The second-order valence-corrected chi connectivity index (χ2v) is 8.17. The zero-order valence-corrected chi connectivity index (χ0v) is 19.5. The fourth-order valence-electron chi connectivity index (χ4n) is 4.48. The summed E-state index contributed by atoms with van der Waals surface area (Å²) in [5, 5.41) is 7.45. The van der Waals surface area contributed by atoms with Gasteiger partial charge in [-0.3, -0.25) is 9.89 Å². The SMILES string of the molecule is COc1ccc(-c2n[nH]c3c2C(c2ccc(OC)c(OC)c2)N(Cc2ccc(F)cc2)C3=O)cc1. The first-order chi connectivity index (χ1) is 17.0. The number of nitrogens with zero attached hydrogens (tertiary/aromatic N) is 2. The highest BCUT2D eigenvalue weighted by Crippen LogP contribution is 2.45. The van der Waals surface area contributed by atoms with E-state index in [1.165, 1.54) is 12.1 Å². The van der Waals surface area contributed by atoms with E-state index in [-0.39, 0.29) is 11.7 Å². The molecule has 0 radical (unpaired) electrons. The molecule has 0 bridgehead atoms. The number of H-pyrrole nitrogens is 1. The Morgan fingerprint density at radius 1 is 0.914 bits per heavy atom. The molecule has 0 fully saturated rings. The van der Waals surface area contributed by atoms with Crippen molar-refractivity contribution < 1.29 is 23.4 Å². The number of methoxy groups -OCH3 is 3. The molecule has 5 rings (SSSR count). The van der Waals surface area contributed by atoms with Gasteiger partial charge in [-0.15, -0.1) is 0 Å². The van der Waals surface area contributed by atoms with Crippen molar-refractivity contribution >= 4 is 5.91 Å². The number of fused-ring (bicyclic) bond motifs is 1. The molecule has 1 aliphatic rings. The monoisotopic (exact) mass is 473 g/mol. The molecule has 178 valence electrons. The number of aromatic amines is 1. The first-order valence-corrected chi connectivity index (χ1v) is 11.0. The molecule has 2 heterocycles. The summed E-state index contributed by atoms with van der Waals surface area (Å²) >= 11 is 0. The van der Waals surface area contributed by atoms with Crippen molar-refractivity contribution in [3.05, 3.63) is 94.9 Å². The number of hydrogen-bond donors (Lipinski definition) is 1. The van der Waals surface area contributed by atoms with Crippen molar-refractivity contribution in [3.63, 3.8) is 0 Å². The van der Waals surface area contributed by atoms with E-state index in [2.05, 4.69) is 10.2 Å². The Hall–Kier alpha value is -4.33. The van der Waals surface area contributed by atoms with Crippen LogP contribution in [0, 0.1) is 5.82 Å². The van der Waals surface area contributed by atoms with E-state index < -0.39 is 6.04 Å². The number of halogens is 1. The van der Waals surface area contributed by atoms with E-state index in [1.54, 1.807) is 38.4 Å². The van der Waals surface area contributed by atoms with E-state index >= 15 is 0 Å². The van der Waals surface area contributed by atoms with Crippen LogP contribution in [0.2, 0.25) is 0 Å². The topological polar surface area (TPSA) is 76.7 Å². The predicted octanol–water partition coefficient (Wildman–Crippen LogP) is 4.99. The first kappa shape index (κ1) is 22.5. The number of carbonyl (C=O) groups is 1. The molecule has 1 atom stereocenters. The standard InChI is InChI=1S/C27H24FN3O4/c1-33-20-11-6-17(7-12-20)24-23-25(30-29-24)27(32)31(15-16-4-9-19(28)10-5-16)26(23)18-8-13-21(34-2)22(14-18)35-3/h4-14,26H,15H2,1-3H3,(H,29,30). The molecule has 0 spiro atoms. The van der Waals surface area contributed by atoms with Crippen LogP contribution in [0.15, 0.2) is 66.7 Å². The zero-order chi connectivity index (χ0) is 24.5. The predicted molar refractivity (Wildman–Crippen MR) is 128 cm³/mol. The first-order valence-electron chi connectivity index (χ1n) is 11.0. The Labute approximate surface area is 202 Å². The minimum Gasteiger partial charge on any atom is -0.497 e. The van der Waals surface area contributed by atoms with Gasteiger partial charge in [-0.05, 0) is 59.7 Å². The van der Waals surface area contributed by atoms with Gasteiger partial charge >= 0.3 is 0 Å². The molecule has 3 aromatic carbocycles. The van der Waals surface area contributed by atoms with Gasteiger partial charge in [-0.25, -0.2) is 4.39 Å². The quantitative estimate of drug-likeness (QED) is 0.409. The lowest BCUT2D eigenvalue weighted by molar-refractivity contribution is 0.0730. The van der Waals surface area contributed by atoms with Gasteiger partial charge in [0.05, 0.1) is 33.1 Å². The number of aromatic nitrogens is 2. The van der Waals surface area contributed by atoms with Crippen LogP contribution in [0.4, 0.5) is 4.39 Å². The third-order valence-corrected chi connectivity index (χ3v) is 6.22. The second-order valence-electron chi connectivity index (χ2n) is 8.17. The summed E-state index contributed by atoms with van der Waals surface area (Å²) in [5.41, 5.74) is 4.39. The van der Waals surface area contributed by atoms with Crippen LogP contribution in [0.25, 0.3) is 11.3 Å². The number of benzene rings is 3. The van der Waals surface area contributed by atoms with Crippen LogP contribution in [-0.2, 0) is 6.54 Å². The Balaban J connectivity index is 1.64. The summed E-state index contributed by atoms with van der Waals surface area (Å²) in [7, 11) is 4.76. The van der Waals surface area contributed by atoms with Crippen LogP contribution in [0.3, 0.4) is 0 Å². The largest absolute Gasteiger partial charge is 0.497 e. The van der Waals surface area contributed by atoms with E-state index in [1.807, 2.05) is 42.5 Å². The molecule has 1 amide bonds. The molecule has 8 heteroatoms. The van der Waals surface area contributed by atoms with E-state index in [0.717, 1.165) is 28.0 Å². The molecule has 1 unspecified atom stereocenters. The van der Waals surface area contributed by atoms with E-state index in [0.29, 0.717) is 29.4 Å². The highest BCUT2D eigenvalue weighted by Gasteiger charge is 2.42. The third kappa shape index (κ3) is 3.97. The van der Waals surface area contributed by atoms with Gasteiger partial charge in [-0.2, -0.15) is 5.10 Å². The minimum absolute atomic E-state index is 0.184. The van der Waals surface area contributed by atoms with Crippen LogP contribution in [0.5, 0.6) is 17.2 Å². The Kier molecular flexibility index (Phi) is 5.86. The molecule has 0 saturated heterocycles. The molecule has 0 aliphatic carbocycles. The molecule has 0 saturated carbocycles. The third-order valence-electron chi connectivity index (χ3n) is 6.22. The van der Waals surface area contributed by atoms with E-state index in [9.17, 15) is 9.18 Å². The molecule has 7 nitrogen and oxygen atoms in total. The van der Waals surface area contributed by atoms with Crippen molar-refractivity contribution in [3.8, 4) is 28.5 Å². The molecular formula is C27H24FN3O4. The summed E-state index contributed by atoms with van der Waals surface area (Å²) in [6, 6.07) is 18.8. The summed E-state index contributed by atoms with van der Waals surface area (Å²) in [6.45, 7) is 0.294. The molecule has 1 aliphatic heterocycles. The number of nitrogens with one attached hydrogen (secondary N) is 1. The van der Waals surface area contributed by atoms with Gasteiger partial charge in [0.15, 0.2) is 11.5 Å². The molecule has 4 aromatic rings. The van der Waals surface area contributed by atoms with Crippen molar-refractivity contribution in [1.29, 1.82) is 0 Å². The molecule has 35 heavy (non-hydrogen) atoms. The van der Waals surface area contributed by atoms with Gasteiger partial charge < -0.3 is 19.1 Å². The lowest BCUT2D eigenvalue weighted by atomic mass is 9.95. The van der Waals surface area contributed by atoms with Gasteiger partial charge in [0.1, 0.15) is 17.3 Å². The number of ether oxygens (including phenoxy) is 3. The molecule has 1 aromatic heterocycles. The van der Waals surface area contributed by atoms with Gasteiger partial charge in [0, 0.05) is 17.7 Å². The lowest BCUT2D eigenvalue weighted by Gasteiger charge is -2.27. The minimum atomic E-state index is -0.446. The maximum absolute atomic E-state index is 13.6. The Morgan fingerprint density at radius 3 is 2.29 bits per heavy atom. The summed E-state index contributed by atoms with van der Waals surface area (Å²) in [5.74, 6) is 1.37. The van der Waals surface area contributed by atoms with Crippen molar-refractivity contribution in [1.82, 2.24) is 15.1 Å². The van der Waals surface area contributed by atoms with E-state index in [4.69, 9.17) is 14.2 Å². The Morgan fingerprint density at radius 2 is 1.63 bits per heavy atom. The van der Waals surface area contributed by atoms with Crippen molar-refractivity contribution in [2.24, 2.45) is 0 Å². The highest BCUT2D eigenvalue weighted by atomic mass is 19.1. The van der Waals surface area contributed by atoms with Gasteiger partial charge in [0.25, 0.3) is 5.91 Å². The smallest absolute Gasteiger partial charge is 0.273 e. The second kappa shape index (κ2) is 9.13. The fourth-order valence-corrected chi connectivity index (χ4v) is 4.48. The Bertz CT molecular complexity index is 1370. The van der Waals surface area contributed by atoms with Crippen molar-refractivity contribution in [2.45, 2.75) is 12.6 Å². The fraction of sp³-hybridized carbons (Fsp3) is 0.185. The lowest BCUT2D eigenvalue weighted by Crippen LogP contribution is -2.29. The molecular weight excluding hydrogens is 449 g/mol. The average Bonchev–Trinajstić information content (AvgIpc) is 3.44. The highest BCUT2D eigenvalue weighted by molar-refractivity contribution is 6.00. The summed E-state index contributed by atoms with van der Waals surface area (Å²) in [6.07, 6.45) is 0. The number of amides is 1. The van der Waals surface area contributed by atoms with Gasteiger partial charge in [-0.1, -0.05) is 18.2 Å². The van der Waals surface area contributed by atoms with Crippen LogP contribution < -0.4 is 14.2 Å². The number of hydrogen-bond acceptors (Lipinski definition) is 5. The van der Waals surface area contributed by atoms with Crippen molar-refractivity contribution in [2.75, 3.05) is 21.3 Å². The zero-order valence-electron chi connectivity index (χ0n) is 19.5. The maximum Gasteiger partial charge on any atom is 0.273 e. The average molecular weight is 474 g/mol. The number of rotatable bonds is 7. The summed E-state index contributed by atoms with van der Waals surface area (Å²) in [4.78, 5) is 15.3. The maximum atomic E-state index is 13.6. The summed E-state index contributed by atoms with van der Waals surface area (Å²) < 4.78 is 29.7. The van der Waals surface area contributed by atoms with Crippen LogP contribution in [0.1, 0.15) is 33.2 Å². The normalized spacial score (nSPS) is 14.7. The van der Waals surface area contributed by atoms with Crippen LogP contribution >= 0.6 is 0 Å². The molecule has 1 N–H and O–H groups in total. The van der Waals surface area contributed by atoms with Crippen LogP contribution in [-0.4, -0.2) is 42.3 Å². The van der Waals surface area contributed by atoms with Gasteiger partial charge in [0.2, 0.25) is 0 Å².